The molecule has 0 aliphatic heterocycles. The van der Waals surface area contributed by atoms with E-state index in [0.29, 0.717) is 0 Å². The molecule has 0 fully saturated rings. The predicted octanol–water partition coefficient (Wildman–Crippen LogP) is 6.92. The van der Waals surface area contributed by atoms with E-state index < -0.39 is 15.8 Å². The standard InChI is InChI=1S/2C18H15P.2CHNS.Ni/c2*1-4-10-16(11-5-1)19(17-12-6-2-7-13-17)18-14-8-3-9-15-18;2*2-1-3;/h2*1-15H;2*3H;/q;;;;+2/p-2. The van der Waals surface area contributed by atoms with Crippen molar-refractivity contribution in [3.05, 3.63) is 182 Å². The predicted molar refractivity (Wildman–Crippen MR) is 196 cm³/mol. The summed E-state index contributed by atoms with van der Waals surface area (Å²) in [5, 5.41) is 25.3. The van der Waals surface area contributed by atoms with Gasteiger partial charge in [-0.05, 0) is 47.7 Å². The minimum atomic E-state index is -0.446. The summed E-state index contributed by atoms with van der Waals surface area (Å²) < 4.78 is 0. The third kappa shape index (κ3) is 12.5. The molecule has 0 saturated carbocycles. The zero-order chi connectivity index (χ0) is 31.2. The first-order valence-corrected chi connectivity index (χ1v) is 17.2. The Labute approximate surface area is 291 Å². The third-order valence-electron chi connectivity index (χ3n) is 6.09. The molecule has 45 heavy (non-hydrogen) atoms. The van der Waals surface area contributed by atoms with Gasteiger partial charge in [0.1, 0.15) is 0 Å². The summed E-state index contributed by atoms with van der Waals surface area (Å²) in [6.45, 7) is 0. The van der Waals surface area contributed by atoms with Crippen LogP contribution in [0.2, 0.25) is 0 Å². The number of hydrogen-bond acceptors (Lipinski definition) is 4. The summed E-state index contributed by atoms with van der Waals surface area (Å²) in [6, 6.07) is 64.7. The molecule has 0 radical (unpaired) electrons. The average molecular weight is 699 g/mol. The number of rotatable bonds is 6. The molecule has 0 aromatic heterocycles. The number of thiocyanates is 2. The largest absolute Gasteiger partial charge is 2.00 e. The van der Waals surface area contributed by atoms with Crippen LogP contribution in [0.15, 0.2) is 182 Å². The second kappa shape index (κ2) is 22.6. The maximum absolute atomic E-state index is 7.13. The third-order valence-corrected chi connectivity index (χ3v) is 11.0. The Bertz CT molecular complexity index is 1370. The molecule has 6 aromatic rings. The molecule has 6 rings (SSSR count). The van der Waals surface area contributed by atoms with Crippen LogP contribution in [0.5, 0.6) is 0 Å². The Morgan fingerprint density at radius 2 is 0.422 bits per heavy atom. The summed E-state index contributed by atoms with van der Waals surface area (Å²) in [7, 11) is -0.892. The summed E-state index contributed by atoms with van der Waals surface area (Å²) in [6.07, 6.45) is 0. The van der Waals surface area contributed by atoms with E-state index in [2.05, 4.69) is 207 Å². The normalized spacial score (nSPS) is 9.24. The zero-order valence-corrected chi connectivity index (χ0v) is 28.7. The molecule has 0 aliphatic rings. The first kappa shape index (κ1) is 37.3. The van der Waals surface area contributed by atoms with Crippen LogP contribution >= 0.6 is 15.8 Å². The Morgan fingerprint density at radius 3 is 0.533 bits per heavy atom. The van der Waals surface area contributed by atoms with Gasteiger partial charge in [-0.3, -0.25) is 0 Å². The van der Waals surface area contributed by atoms with E-state index in [1.807, 2.05) is 0 Å². The van der Waals surface area contributed by atoms with Crippen molar-refractivity contribution in [3.63, 3.8) is 0 Å². The molecule has 0 bridgehead atoms. The molecule has 7 heteroatoms. The monoisotopic (exact) mass is 698 g/mol. The van der Waals surface area contributed by atoms with E-state index >= 15 is 0 Å². The first-order chi connectivity index (χ1) is 21.7. The van der Waals surface area contributed by atoms with Crippen LogP contribution in [-0.4, -0.2) is 0 Å². The molecule has 0 saturated heterocycles. The molecule has 224 valence electrons. The van der Waals surface area contributed by atoms with Crippen molar-refractivity contribution in [2.75, 3.05) is 0 Å². The van der Waals surface area contributed by atoms with Crippen LogP contribution in [0.4, 0.5) is 0 Å². The van der Waals surface area contributed by atoms with E-state index in [9.17, 15) is 0 Å². The van der Waals surface area contributed by atoms with Gasteiger partial charge in [-0.2, -0.15) is 0 Å². The van der Waals surface area contributed by atoms with Crippen molar-refractivity contribution in [2.45, 2.75) is 0 Å². The molecular weight excluding hydrogens is 669 g/mol. The molecule has 0 unspecified atom stereocenters. The quantitative estimate of drug-likeness (QED) is 0.0821. The van der Waals surface area contributed by atoms with Gasteiger partial charge < -0.3 is 25.3 Å². The minimum Gasteiger partial charge on any atom is -0.696 e. The second-order valence-electron chi connectivity index (χ2n) is 8.87. The van der Waals surface area contributed by atoms with Crippen LogP contribution in [0, 0.1) is 21.3 Å². The van der Waals surface area contributed by atoms with Gasteiger partial charge in [0.15, 0.2) is 0 Å². The molecule has 0 N–H and O–H groups in total. The Morgan fingerprint density at radius 1 is 0.311 bits per heavy atom. The van der Waals surface area contributed by atoms with Crippen LogP contribution in [0.1, 0.15) is 0 Å². The van der Waals surface area contributed by atoms with Crippen molar-refractivity contribution in [1.29, 1.82) is 10.5 Å². The van der Waals surface area contributed by atoms with E-state index in [0.717, 1.165) is 0 Å². The second-order valence-corrected chi connectivity index (χ2v) is 13.7. The van der Waals surface area contributed by atoms with Crippen molar-refractivity contribution < 1.29 is 16.5 Å². The smallest absolute Gasteiger partial charge is 0.696 e. The van der Waals surface area contributed by atoms with Crippen LogP contribution in [-0.2, 0) is 41.7 Å². The molecule has 0 spiro atoms. The maximum Gasteiger partial charge on any atom is 2.00 e. The Hall–Kier alpha value is -3.91. The van der Waals surface area contributed by atoms with Crippen molar-refractivity contribution in [1.82, 2.24) is 0 Å². The van der Waals surface area contributed by atoms with Gasteiger partial charge in [-0.15, -0.1) is 0 Å². The Balaban J connectivity index is 0.000000262. The van der Waals surface area contributed by atoms with Crippen molar-refractivity contribution in [3.8, 4) is 10.8 Å². The van der Waals surface area contributed by atoms with Crippen LogP contribution in [0.25, 0.3) is 0 Å². The number of hydrogen-bond donors (Lipinski definition) is 0. The van der Waals surface area contributed by atoms with Gasteiger partial charge in [0.2, 0.25) is 0 Å². The van der Waals surface area contributed by atoms with Crippen molar-refractivity contribution >= 4 is 72.9 Å². The molecule has 6 aromatic carbocycles. The molecular formula is C38H30N2NiP2S2. The summed E-state index contributed by atoms with van der Waals surface area (Å²) in [5.74, 6) is 0. The molecule has 0 aliphatic carbocycles. The molecule has 2 nitrogen and oxygen atoms in total. The van der Waals surface area contributed by atoms with Gasteiger partial charge in [-0.25, -0.2) is 10.5 Å². The van der Waals surface area contributed by atoms with Crippen LogP contribution in [0.3, 0.4) is 0 Å². The van der Waals surface area contributed by atoms with Gasteiger partial charge in [-0.1, -0.05) is 193 Å². The fourth-order valence-electron chi connectivity index (χ4n) is 4.36. The van der Waals surface area contributed by atoms with Gasteiger partial charge in [0.25, 0.3) is 0 Å². The number of benzene rings is 6. The molecule has 0 atom stereocenters. The number of nitriles is 2. The van der Waals surface area contributed by atoms with Gasteiger partial charge in [0, 0.05) is 0 Å². The number of nitrogens with zero attached hydrogens (tertiary/aromatic N) is 2. The van der Waals surface area contributed by atoms with Crippen LogP contribution < -0.4 is 31.8 Å². The van der Waals surface area contributed by atoms with Gasteiger partial charge in [0.05, 0.1) is 0 Å². The molecule has 0 heterocycles. The fourth-order valence-corrected chi connectivity index (χ4v) is 8.97. The maximum atomic E-state index is 7.13. The van der Waals surface area contributed by atoms with E-state index in [1.165, 1.54) is 42.6 Å². The zero-order valence-electron chi connectivity index (χ0n) is 24.2. The van der Waals surface area contributed by atoms with E-state index in [-0.39, 0.29) is 16.5 Å². The average Bonchev–Trinajstić information content (AvgIpc) is 3.09. The topological polar surface area (TPSA) is 47.6 Å². The summed E-state index contributed by atoms with van der Waals surface area (Å²) >= 11 is 7.40. The fraction of sp³-hybridized carbons (Fsp3) is 0. The van der Waals surface area contributed by atoms with Crippen molar-refractivity contribution in [2.24, 2.45) is 0 Å². The van der Waals surface area contributed by atoms with Gasteiger partial charge >= 0.3 is 16.5 Å². The minimum absolute atomic E-state index is 0. The van der Waals surface area contributed by atoms with E-state index in [4.69, 9.17) is 10.5 Å². The summed E-state index contributed by atoms with van der Waals surface area (Å²) in [4.78, 5) is 0. The Kier molecular flexibility index (Phi) is 18.7. The molecule has 0 amide bonds. The SMILES string of the molecule is N#C[S-].N#C[S-].[Ni+2].c1ccc(P(c2ccccc2)c2ccccc2)cc1.c1ccc(P(c2ccccc2)c2ccccc2)cc1. The summed E-state index contributed by atoms with van der Waals surface area (Å²) in [5.41, 5.74) is 0. The first-order valence-electron chi connectivity index (χ1n) is 13.7. The van der Waals surface area contributed by atoms with E-state index in [1.54, 1.807) is 0 Å².